The van der Waals surface area contributed by atoms with Crippen LogP contribution in [0.1, 0.15) is 37.7 Å². The summed E-state index contributed by atoms with van der Waals surface area (Å²) in [6.07, 6.45) is 5.08. The minimum atomic E-state index is -0.139. The second-order valence-electron chi connectivity index (χ2n) is 5.51. The third-order valence-corrected chi connectivity index (χ3v) is 4.94. The molecular weight excluding hydrogens is 292 g/mol. The van der Waals surface area contributed by atoms with E-state index >= 15 is 0 Å². The first-order chi connectivity index (χ1) is 8.62. The van der Waals surface area contributed by atoms with E-state index < -0.39 is 0 Å². The first kappa shape index (κ1) is 12.2. The van der Waals surface area contributed by atoms with Crippen LogP contribution in [0.3, 0.4) is 0 Å². The van der Waals surface area contributed by atoms with Crippen LogP contribution in [0.4, 0.5) is 0 Å². The number of carbonyl (C=O) groups excluding carboxylic acids is 1. The molecule has 0 aliphatic heterocycles. The topological polar surface area (TPSA) is 26.3 Å². The van der Waals surface area contributed by atoms with E-state index in [2.05, 4.69) is 22.0 Å². The van der Waals surface area contributed by atoms with Gasteiger partial charge in [-0.3, -0.25) is 4.79 Å². The van der Waals surface area contributed by atoms with Crippen molar-refractivity contribution >= 4 is 21.7 Å². The Balaban J connectivity index is 1.79. The van der Waals surface area contributed by atoms with Gasteiger partial charge in [-0.2, -0.15) is 0 Å². The normalized spacial score (nSPS) is 25.2. The summed E-state index contributed by atoms with van der Waals surface area (Å²) in [6.45, 7) is 2.04. The third-order valence-electron chi connectivity index (χ3n) is 4.44. The van der Waals surface area contributed by atoms with Gasteiger partial charge in [-0.05, 0) is 43.5 Å². The highest BCUT2D eigenvalue weighted by Gasteiger charge is 2.57. The Morgan fingerprint density at radius 1 is 1.33 bits per heavy atom. The molecule has 0 aromatic heterocycles. The number of hydrogen-bond acceptors (Lipinski definition) is 2. The Morgan fingerprint density at radius 3 is 2.67 bits per heavy atom. The van der Waals surface area contributed by atoms with Crippen molar-refractivity contribution in [1.29, 1.82) is 0 Å². The van der Waals surface area contributed by atoms with Crippen LogP contribution in [-0.4, -0.2) is 11.9 Å². The monoisotopic (exact) mass is 308 g/mol. The smallest absolute Gasteiger partial charge is 0.146 e. The van der Waals surface area contributed by atoms with Gasteiger partial charge in [0.25, 0.3) is 0 Å². The van der Waals surface area contributed by atoms with Crippen molar-refractivity contribution in [2.75, 3.05) is 0 Å². The van der Waals surface area contributed by atoms with Crippen molar-refractivity contribution in [1.82, 2.24) is 0 Å². The minimum Gasteiger partial charge on any atom is -0.489 e. The summed E-state index contributed by atoms with van der Waals surface area (Å²) in [4.78, 5) is 11.9. The molecule has 0 saturated heterocycles. The first-order valence-corrected chi connectivity index (χ1v) is 7.37. The number of rotatable bonds is 2. The van der Waals surface area contributed by atoms with Crippen LogP contribution in [0, 0.1) is 12.3 Å². The van der Waals surface area contributed by atoms with E-state index in [9.17, 15) is 4.79 Å². The van der Waals surface area contributed by atoms with Gasteiger partial charge in [0.15, 0.2) is 0 Å². The highest BCUT2D eigenvalue weighted by Crippen LogP contribution is 2.52. The molecular formula is C15H17BrO2. The highest BCUT2D eigenvalue weighted by atomic mass is 79.9. The number of carbonyl (C=O) groups is 1. The van der Waals surface area contributed by atoms with Gasteiger partial charge in [0.2, 0.25) is 0 Å². The number of aryl methyl sites for hydroxylation is 1. The molecule has 18 heavy (non-hydrogen) atoms. The van der Waals surface area contributed by atoms with Crippen LogP contribution < -0.4 is 4.74 Å². The molecule has 2 saturated carbocycles. The maximum atomic E-state index is 11.9. The van der Waals surface area contributed by atoms with Crippen molar-refractivity contribution in [3.8, 4) is 5.75 Å². The van der Waals surface area contributed by atoms with Crippen molar-refractivity contribution < 1.29 is 9.53 Å². The summed E-state index contributed by atoms with van der Waals surface area (Å²) < 4.78 is 7.17. The molecule has 1 spiro atoms. The highest BCUT2D eigenvalue weighted by molar-refractivity contribution is 9.10. The van der Waals surface area contributed by atoms with E-state index in [1.165, 1.54) is 12.8 Å². The number of halogens is 1. The van der Waals surface area contributed by atoms with E-state index in [-0.39, 0.29) is 11.5 Å². The first-order valence-electron chi connectivity index (χ1n) is 6.58. The fraction of sp³-hybridized carbons (Fsp3) is 0.533. The van der Waals surface area contributed by atoms with Crippen LogP contribution in [0.5, 0.6) is 5.75 Å². The average Bonchev–Trinajstić information content (AvgIpc) is 2.83. The van der Waals surface area contributed by atoms with Gasteiger partial charge in [-0.25, -0.2) is 0 Å². The van der Waals surface area contributed by atoms with Gasteiger partial charge in [0, 0.05) is 10.9 Å². The summed E-state index contributed by atoms with van der Waals surface area (Å²) in [5.41, 5.74) is 0.983. The maximum absolute atomic E-state index is 11.9. The number of ketones is 1. The van der Waals surface area contributed by atoms with Crippen LogP contribution in [0.25, 0.3) is 0 Å². The van der Waals surface area contributed by atoms with Gasteiger partial charge in [0.05, 0.1) is 5.41 Å². The maximum Gasteiger partial charge on any atom is 0.146 e. The Bertz CT molecular complexity index is 489. The van der Waals surface area contributed by atoms with Crippen molar-refractivity contribution in [2.24, 2.45) is 5.41 Å². The minimum absolute atomic E-state index is 0.104. The third kappa shape index (κ3) is 1.80. The molecule has 0 heterocycles. The predicted molar refractivity (Wildman–Crippen MR) is 73.8 cm³/mol. The standard InChI is InChI=1S/C15H17BrO2/c1-10-8-11(16)4-5-12(10)18-14-9-13(17)15(14)6-2-3-7-15/h4-5,8,14H,2-3,6-7,9H2,1H3. The second-order valence-corrected chi connectivity index (χ2v) is 6.42. The van der Waals surface area contributed by atoms with Crippen molar-refractivity contribution in [3.05, 3.63) is 28.2 Å². The van der Waals surface area contributed by atoms with E-state index in [0.717, 1.165) is 28.6 Å². The summed E-state index contributed by atoms with van der Waals surface area (Å²) in [7, 11) is 0. The number of Topliss-reactive ketones (excluding diaryl/α,β-unsaturated/α-hetero) is 1. The van der Waals surface area contributed by atoms with Crippen LogP contribution in [0.15, 0.2) is 22.7 Å². The molecule has 1 unspecified atom stereocenters. The van der Waals surface area contributed by atoms with Crippen LogP contribution >= 0.6 is 15.9 Å². The van der Waals surface area contributed by atoms with E-state index in [4.69, 9.17) is 4.74 Å². The molecule has 0 amide bonds. The molecule has 1 aromatic rings. The number of hydrogen-bond donors (Lipinski definition) is 0. The lowest BCUT2D eigenvalue weighted by molar-refractivity contribution is -0.151. The molecule has 0 N–H and O–H groups in total. The second kappa shape index (κ2) is 4.37. The van der Waals surface area contributed by atoms with E-state index in [0.29, 0.717) is 12.2 Å². The fourth-order valence-corrected chi connectivity index (χ4v) is 3.75. The van der Waals surface area contributed by atoms with Crippen LogP contribution in [-0.2, 0) is 4.79 Å². The van der Waals surface area contributed by atoms with Crippen LogP contribution in [0.2, 0.25) is 0 Å². The lowest BCUT2D eigenvalue weighted by atomic mass is 9.63. The quantitative estimate of drug-likeness (QED) is 0.824. The van der Waals surface area contributed by atoms with Crippen molar-refractivity contribution in [2.45, 2.75) is 45.1 Å². The molecule has 1 aromatic carbocycles. The Morgan fingerprint density at radius 2 is 2.06 bits per heavy atom. The molecule has 2 aliphatic carbocycles. The van der Waals surface area contributed by atoms with E-state index in [1.54, 1.807) is 0 Å². The lowest BCUT2D eigenvalue weighted by Gasteiger charge is -2.45. The fourth-order valence-electron chi connectivity index (χ4n) is 3.27. The zero-order valence-electron chi connectivity index (χ0n) is 10.5. The van der Waals surface area contributed by atoms with Gasteiger partial charge in [-0.15, -0.1) is 0 Å². The molecule has 96 valence electrons. The van der Waals surface area contributed by atoms with E-state index in [1.807, 2.05) is 19.1 Å². The average molecular weight is 309 g/mol. The lowest BCUT2D eigenvalue weighted by Crippen LogP contribution is -2.55. The SMILES string of the molecule is Cc1cc(Br)ccc1OC1CC(=O)C12CCCC2. The molecule has 2 fully saturated rings. The summed E-state index contributed by atoms with van der Waals surface area (Å²) in [6, 6.07) is 6.03. The Kier molecular flexibility index (Phi) is 2.97. The molecule has 0 radical (unpaired) electrons. The molecule has 1 atom stereocenters. The summed E-state index contributed by atoms with van der Waals surface area (Å²) in [5, 5.41) is 0. The number of ether oxygens (including phenoxy) is 1. The van der Waals surface area contributed by atoms with Gasteiger partial charge in [0.1, 0.15) is 17.6 Å². The Hall–Kier alpha value is -0.830. The van der Waals surface area contributed by atoms with Crippen molar-refractivity contribution in [3.63, 3.8) is 0 Å². The molecule has 2 aliphatic rings. The Labute approximate surface area is 116 Å². The molecule has 3 rings (SSSR count). The molecule has 3 heteroatoms. The zero-order valence-corrected chi connectivity index (χ0v) is 12.1. The largest absolute Gasteiger partial charge is 0.489 e. The zero-order chi connectivity index (χ0) is 12.8. The molecule has 0 bridgehead atoms. The van der Waals surface area contributed by atoms with Gasteiger partial charge in [-0.1, -0.05) is 28.8 Å². The predicted octanol–water partition coefficient (Wildman–Crippen LogP) is 4.04. The molecule has 2 nitrogen and oxygen atoms in total. The number of benzene rings is 1. The van der Waals surface area contributed by atoms with Gasteiger partial charge >= 0.3 is 0 Å². The summed E-state index contributed by atoms with van der Waals surface area (Å²) >= 11 is 3.45. The summed E-state index contributed by atoms with van der Waals surface area (Å²) in [5.74, 6) is 1.33. The van der Waals surface area contributed by atoms with Gasteiger partial charge < -0.3 is 4.74 Å².